The zero-order valence-electron chi connectivity index (χ0n) is 30.0. The first-order valence-corrected chi connectivity index (χ1v) is 18.9. The van der Waals surface area contributed by atoms with Crippen molar-refractivity contribution in [3.63, 3.8) is 0 Å². The van der Waals surface area contributed by atoms with E-state index in [0.717, 1.165) is 5.69 Å². The number of pyridine rings is 1. The van der Waals surface area contributed by atoms with Gasteiger partial charge >= 0.3 is 0 Å². The number of nitrogens with zero attached hydrogens (tertiary/aromatic N) is 1. The van der Waals surface area contributed by atoms with E-state index in [2.05, 4.69) is 47.8 Å². The Morgan fingerprint density at radius 2 is 0.641 bits per heavy atom. The molecule has 0 fully saturated rings. The number of Topliss-reactive ketones (excluding diaryl/α,β-unsaturated/α-hetero) is 1. The molecule has 0 saturated carbocycles. The van der Waals surface area contributed by atoms with Gasteiger partial charge in [-0.15, -0.1) is 21.9 Å². The van der Waals surface area contributed by atoms with Gasteiger partial charge in [0.1, 0.15) is 52.7 Å². The largest absolute Gasteiger partial charge is 0.287 e. The van der Waals surface area contributed by atoms with Gasteiger partial charge in [0.25, 0.3) is 0 Å². The summed E-state index contributed by atoms with van der Waals surface area (Å²) in [5, 5.41) is 0. The second kappa shape index (κ2) is 18.5. The fourth-order valence-electron chi connectivity index (χ4n) is 6.62. The van der Waals surface area contributed by atoms with E-state index >= 15 is 35.1 Å². The first-order valence-electron chi connectivity index (χ1n) is 16.6. The van der Waals surface area contributed by atoms with Crippen molar-refractivity contribution < 1.29 is 97.2 Å². The lowest BCUT2D eigenvalue weighted by Gasteiger charge is -2.44. The van der Waals surface area contributed by atoms with Crippen molar-refractivity contribution in [3.05, 3.63) is 182 Å². The summed E-state index contributed by atoms with van der Waals surface area (Å²) in [6, 6.07) is 15.1. The van der Waals surface area contributed by atoms with Crippen LogP contribution in [-0.2, 0) is 8.69 Å². The second-order valence-corrected chi connectivity index (χ2v) is 19.6. The molecule has 2 nitrogen and oxygen atoms in total. The number of hydrogen-bond acceptors (Lipinski definition) is 1. The average Bonchev–Trinajstić information content (AvgIpc) is 3.26. The summed E-state index contributed by atoms with van der Waals surface area (Å²) in [4.78, 5) is 12.2. The Balaban J connectivity index is 0.000000337. The van der Waals surface area contributed by atoms with Crippen molar-refractivity contribution in [2.24, 2.45) is 0 Å². The number of aromatic nitrogens is 1. The number of ketones is 1. The Hall–Kier alpha value is -4.98. The molecule has 0 spiro atoms. The van der Waals surface area contributed by atoms with E-state index in [9.17, 15) is 57.5 Å². The molecule has 6 rings (SSSR count). The van der Waals surface area contributed by atoms with Crippen LogP contribution in [0, 0.1) is 116 Å². The Kier molecular flexibility index (Phi) is 14.5. The molecule has 1 aromatic heterocycles. The van der Waals surface area contributed by atoms with Crippen LogP contribution in [0.15, 0.2) is 54.7 Å². The van der Waals surface area contributed by atoms with Gasteiger partial charge in [-0.1, -0.05) is 30.3 Å². The maximum absolute atomic E-state index is 15.4. The minimum absolute atomic E-state index is 0.0785. The van der Waals surface area contributed by atoms with Gasteiger partial charge in [-0.2, -0.15) is 4.57 Å². The van der Waals surface area contributed by atoms with Crippen LogP contribution >= 0.6 is 47.8 Å². The number of carbonyl (C=O) groups excluding carboxylic acids is 1. The van der Waals surface area contributed by atoms with E-state index in [1.54, 1.807) is 0 Å². The molecule has 0 bridgehead atoms. The molecule has 0 radical (unpaired) electrons. The molecular formula is C38H11BBr3F20NO. The number of hydrogen-bond donors (Lipinski definition) is 0. The van der Waals surface area contributed by atoms with Crippen molar-refractivity contribution in [3.8, 4) is 0 Å². The molecule has 5 aromatic carbocycles. The third-order valence-electron chi connectivity index (χ3n) is 9.35. The first-order chi connectivity index (χ1) is 29.7. The minimum atomic E-state index is -7.22. The molecular weight excluding hydrogens is 1120 g/mol. The highest BCUT2D eigenvalue weighted by atomic mass is 80.0. The maximum Gasteiger partial charge on any atom is 0.227 e. The van der Waals surface area contributed by atoms with Crippen molar-refractivity contribution in [1.82, 2.24) is 0 Å². The molecule has 26 heteroatoms. The van der Waals surface area contributed by atoms with E-state index in [1.807, 2.05) is 59.3 Å². The van der Waals surface area contributed by atoms with Gasteiger partial charge in [-0.3, -0.25) is 4.79 Å². The van der Waals surface area contributed by atoms with E-state index in [4.69, 9.17) is 0 Å². The Labute approximate surface area is 368 Å². The summed E-state index contributed by atoms with van der Waals surface area (Å²) in [5.74, 6) is -71.3. The zero-order chi connectivity index (χ0) is 48.2. The maximum atomic E-state index is 15.4. The lowest BCUT2D eigenvalue weighted by molar-refractivity contribution is -0.690. The number of benzene rings is 5. The van der Waals surface area contributed by atoms with Gasteiger partial charge < -0.3 is 0 Å². The van der Waals surface area contributed by atoms with E-state index in [1.165, 1.54) is 0 Å². The smallest absolute Gasteiger partial charge is 0.227 e. The van der Waals surface area contributed by atoms with Crippen molar-refractivity contribution in [1.29, 1.82) is 0 Å². The van der Waals surface area contributed by atoms with Crippen LogP contribution in [0.3, 0.4) is 0 Å². The van der Waals surface area contributed by atoms with Gasteiger partial charge in [0, 0.05) is 17.7 Å². The molecule has 1 heterocycles. The van der Waals surface area contributed by atoms with Crippen molar-refractivity contribution in [2.45, 2.75) is 8.69 Å². The number of rotatable bonds is 7. The third kappa shape index (κ3) is 8.17. The van der Waals surface area contributed by atoms with Crippen LogP contribution in [0.2, 0.25) is 0 Å². The van der Waals surface area contributed by atoms with Crippen LogP contribution in [0.25, 0.3) is 0 Å². The van der Waals surface area contributed by atoms with Crippen LogP contribution in [0.5, 0.6) is 0 Å². The van der Waals surface area contributed by atoms with Crippen LogP contribution < -0.4 is 26.4 Å². The molecule has 6 aromatic rings. The standard InChI is InChI=1S/C24BF20.C14H11Br3NO/c26-5-1(6(27)14(35)21(42)13(5)34)25(2-7(28)15(36)22(43)16(37)8(2)29,3-9(30)17(38)23(44)18(39)10(3)31)4-11(32)19(40)24(45)20(41)12(4)33;15-14(16,17)13-8-4-5-9-18(13)10-12(19)11-6-2-1-3-7-11/h;1-9H,10H2/q-1;+1. The van der Waals surface area contributed by atoms with Crippen LogP contribution in [-0.4, -0.2) is 11.9 Å². The average molecular weight is 1130 g/mol. The predicted molar refractivity (Wildman–Crippen MR) is 195 cm³/mol. The normalized spacial score (nSPS) is 11.8. The third-order valence-corrected chi connectivity index (χ3v) is 10.6. The monoisotopic (exact) mass is 1120 g/mol. The summed E-state index contributed by atoms with van der Waals surface area (Å²) in [5.41, 5.74) is -12.7. The molecule has 0 amide bonds. The molecule has 0 aliphatic rings. The Morgan fingerprint density at radius 3 is 0.906 bits per heavy atom. The summed E-state index contributed by atoms with van der Waals surface area (Å²) < 4.78 is 295. The van der Waals surface area contributed by atoms with Crippen LogP contribution in [0.4, 0.5) is 87.8 Å². The highest BCUT2D eigenvalue weighted by Gasteiger charge is 2.52. The van der Waals surface area contributed by atoms with Gasteiger partial charge in [0.05, 0.1) is 0 Å². The predicted octanol–water partition coefficient (Wildman–Crippen LogP) is 10.00. The fourth-order valence-corrected chi connectivity index (χ4v) is 7.70. The van der Waals surface area contributed by atoms with Gasteiger partial charge in [-0.25, -0.2) is 87.8 Å². The SMILES string of the molecule is Fc1c(F)c(F)c([B-](c2c(F)c(F)c(F)c(F)c2F)(c2c(F)c(F)c(F)c(F)c2F)c2c(F)c(F)c(F)c(F)c2F)c(F)c1F.O=C(C[n+]1ccccc1C(Br)(Br)Br)c1ccccc1. The van der Waals surface area contributed by atoms with E-state index in [-0.39, 0.29) is 5.78 Å². The lowest BCUT2D eigenvalue weighted by Crippen LogP contribution is -2.81. The van der Waals surface area contributed by atoms with Crippen molar-refractivity contribution >= 4 is 81.6 Å². The van der Waals surface area contributed by atoms with Crippen LogP contribution in [0.1, 0.15) is 16.1 Å². The molecule has 64 heavy (non-hydrogen) atoms. The molecule has 0 saturated heterocycles. The Morgan fingerprint density at radius 1 is 0.391 bits per heavy atom. The highest BCUT2D eigenvalue weighted by molar-refractivity contribution is 9.38. The van der Waals surface area contributed by atoms with Gasteiger partial charge in [0.2, 0.25) is 20.2 Å². The van der Waals surface area contributed by atoms with Crippen molar-refractivity contribution in [2.75, 3.05) is 0 Å². The first kappa shape index (κ1) is 50.0. The zero-order valence-corrected chi connectivity index (χ0v) is 34.8. The fraction of sp³-hybridized carbons (Fsp3) is 0.0526. The van der Waals surface area contributed by atoms with E-state index < -0.39 is 146 Å². The quantitative estimate of drug-likeness (QED) is 0.0297. The summed E-state index contributed by atoms with van der Waals surface area (Å²) in [6.45, 7) is 0.296. The number of carbonyl (C=O) groups is 1. The molecule has 0 N–H and O–H groups in total. The molecule has 338 valence electrons. The summed E-state index contributed by atoms with van der Waals surface area (Å²) in [6.07, 6.45) is -5.33. The molecule has 0 aliphatic heterocycles. The summed E-state index contributed by atoms with van der Waals surface area (Å²) >= 11 is 10.5. The molecule has 0 aliphatic carbocycles. The van der Waals surface area contributed by atoms with Gasteiger partial charge in [0.15, 0.2) is 76.0 Å². The molecule has 0 unspecified atom stereocenters. The number of alkyl halides is 3. The summed E-state index contributed by atoms with van der Waals surface area (Å²) in [7, 11) is 0. The van der Waals surface area contributed by atoms with E-state index in [0.29, 0.717) is 12.1 Å². The van der Waals surface area contributed by atoms with Gasteiger partial charge in [-0.05, 0) is 53.9 Å². The second-order valence-electron chi connectivity index (χ2n) is 12.8. The molecule has 0 atom stereocenters. The highest BCUT2D eigenvalue weighted by Crippen LogP contribution is 2.42. The lowest BCUT2D eigenvalue weighted by atomic mass is 9.12. The Bertz CT molecular complexity index is 2500. The minimum Gasteiger partial charge on any atom is -0.287 e. The number of halogens is 23. The topological polar surface area (TPSA) is 20.9 Å².